The topological polar surface area (TPSA) is 89.0 Å². The Hall–Kier alpha value is -3.03. The molecule has 0 aromatic heterocycles. The number of benzene rings is 2. The molecule has 3 rings (SSSR count). The predicted octanol–water partition coefficient (Wildman–Crippen LogP) is 4.61. The molecule has 2 N–H and O–H groups in total. The highest BCUT2D eigenvalue weighted by Crippen LogP contribution is 2.24. The molecule has 1 amide bonds. The van der Waals surface area contributed by atoms with Crippen LogP contribution in [0.2, 0.25) is 10.0 Å². The van der Waals surface area contributed by atoms with Crippen LogP contribution in [0.15, 0.2) is 59.6 Å². The van der Waals surface area contributed by atoms with Crippen LogP contribution >= 0.6 is 23.2 Å². The Morgan fingerprint density at radius 1 is 1.14 bits per heavy atom. The van der Waals surface area contributed by atoms with Crippen molar-refractivity contribution < 1.29 is 19.1 Å². The van der Waals surface area contributed by atoms with E-state index in [-0.39, 0.29) is 28.1 Å². The molecular formula is C26H29Cl2N3O4. The minimum Gasteiger partial charge on any atom is -0.494 e. The van der Waals surface area contributed by atoms with Crippen LogP contribution in [0, 0.1) is 0 Å². The maximum absolute atomic E-state index is 12.7. The first-order valence-electron chi connectivity index (χ1n) is 11.4. The van der Waals surface area contributed by atoms with Crippen molar-refractivity contribution in [3.8, 4) is 5.75 Å². The molecule has 0 radical (unpaired) electrons. The fourth-order valence-corrected chi connectivity index (χ4v) is 4.28. The molecule has 7 nitrogen and oxygen atoms in total. The molecular weight excluding hydrogens is 489 g/mol. The van der Waals surface area contributed by atoms with Gasteiger partial charge < -0.3 is 20.1 Å². The fourth-order valence-electron chi connectivity index (χ4n) is 3.71. The van der Waals surface area contributed by atoms with Gasteiger partial charge in [0.2, 0.25) is 0 Å². The summed E-state index contributed by atoms with van der Waals surface area (Å²) in [5.41, 5.74) is 0.951. The second-order valence-corrected chi connectivity index (χ2v) is 8.86. The minimum atomic E-state index is -0.904. The summed E-state index contributed by atoms with van der Waals surface area (Å²) in [6.45, 7) is 0.587. The first kappa shape index (κ1) is 26.6. The van der Waals surface area contributed by atoms with Crippen molar-refractivity contribution in [3.63, 3.8) is 0 Å². The standard InChI is InChI=1S/C26H29Cl2N3O4/c1-29-23-10-3-6-18(30-23)7-5-15-35-19-13-11-17(12-14-19)16-22(26(33)34-2)31-25(32)24-20(27)8-4-9-21(24)28/h3-4,8-14,18,22H,5-7,15-16H2,1-2H3,(H,29,30)(H,31,32)/t18?,22-/m0/s1. The zero-order valence-corrected chi connectivity index (χ0v) is 21.2. The third kappa shape index (κ3) is 7.73. The van der Waals surface area contributed by atoms with Gasteiger partial charge in [-0.1, -0.05) is 47.5 Å². The summed E-state index contributed by atoms with van der Waals surface area (Å²) in [5, 5.41) is 6.15. The molecule has 2 aromatic rings. The number of likely N-dealkylation sites (N-methyl/N-ethyl adjacent to an activating group) is 1. The maximum Gasteiger partial charge on any atom is 0.328 e. The van der Waals surface area contributed by atoms with Gasteiger partial charge in [-0.05, 0) is 55.2 Å². The Balaban J connectivity index is 1.53. The van der Waals surface area contributed by atoms with Crippen LogP contribution in [0.1, 0.15) is 35.2 Å². The number of nitrogens with one attached hydrogen (secondary N) is 2. The normalized spacial score (nSPS) is 15.7. The highest BCUT2D eigenvalue weighted by Gasteiger charge is 2.25. The first-order chi connectivity index (χ1) is 16.9. The molecule has 186 valence electrons. The van der Waals surface area contributed by atoms with Gasteiger partial charge in [-0.25, -0.2) is 4.79 Å². The van der Waals surface area contributed by atoms with E-state index in [9.17, 15) is 9.59 Å². The number of hydrogen-bond donors (Lipinski definition) is 2. The number of carbonyl (C=O) groups is 2. The molecule has 2 atom stereocenters. The van der Waals surface area contributed by atoms with Crippen molar-refractivity contribution in [3.05, 3.63) is 75.8 Å². The molecule has 2 aromatic carbocycles. The molecule has 1 unspecified atom stereocenters. The summed E-state index contributed by atoms with van der Waals surface area (Å²) in [7, 11) is 3.14. The van der Waals surface area contributed by atoms with E-state index in [4.69, 9.17) is 32.7 Å². The summed E-state index contributed by atoms with van der Waals surface area (Å²) in [5.74, 6) is 0.534. The van der Waals surface area contributed by atoms with Crippen molar-refractivity contribution in [2.45, 2.75) is 37.8 Å². The Morgan fingerprint density at radius 3 is 2.51 bits per heavy atom. The van der Waals surface area contributed by atoms with Crippen LogP contribution < -0.4 is 15.4 Å². The van der Waals surface area contributed by atoms with Gasteiger partial charge in [0.1, 0.15) is 17.6 Å². The van der Waals surface area contributed by atoms with Gasteiger partial charge in [-0.3, -0.25) is 9.79 Å². The number of methoxy groups -OCH3 is 1. The summed E-state index contributed by atoms with van der Waals surface area (Å²) in [6, 6.07) is 11.5. The van der Waals surface area contributed by atoms with Crippen LogP contribution in [0.5, 0.6) is 5.75 Å². The lowest BCUT2D eigenvalue weighted by atomic mass is 10.0. The Bertz CT molecular complexity index is 1070. The van der Waals surface area contributed by atoms with E-state index in [1.165, 1.54) is 7.11 Å². The van der Waals surface area contributed by atoms with Gasteiger partial charge in [-0.2, -0.15) is 0 Å². The van der Waals surface area contributed by atoms with Gasteiger partial charge in [0.05, 0.1) is 35.4 Å². The van der Waals surface area contributed by atoms with Crippen LogP contribution in [0.3, 0.4) is 0 Å². The lowest BCUT2D eigenvalue weighted by Crippen LogP contribution is -2.43. The molecule has 1 aliphatic rings. The molecule has 0 bridgehead atoms. The van der Waals surface area contributed by atoms with E-state index in [2.05, 4.69) is 21.7 Å². The Kier molecular flexibility index (Phi) is 9.99. The highest BCUT2D eigenvalue weighted by molar-refractivity contribution is 6.39. The van der Waals surface area contributed by atoms with Gasteiger partial charge >= 0.3 is 5.97 Å². The van der Waals surface area contributed by atoms with Gasteiger partial charge in [0.15, 0.2) is 0 Å². The van der Waals surface area contributed by atoms with Crippen molar-refractivity contribution in [1.82, 2.24) is 10.6 Å². The first-order valence-corrected chi connectivity index (χ1v) is 12.1. The SMILES string of the molecule is CNC1=NC(CCCOc2ccc(C[C@H](NC(=O)c3c(Cl)cccc3Cl)C(=O)OC)cc2)CC=C1. The molecule has 9 heteroatoms. The molecule has 0 saturated heterocycles. The second kappa shape index (κ2) is 13.2. The van der Waals surface area contributed by atoms with Crippen molar-refractivity contribution >= 4 is 40.9 Å². The molecule has 1 heterocycles. The monoisotopic (exact) mass is 517 g/mol. The molecule has 0 spiro atoms. The average molecular weight is 518 g/mol. The van der Waals surface area contributed by atoms with E-state index >= 15 is 0 Å². The number of aliphatic imine (C=N–C) groups is 1. The van der Waals surface area contributed by atoms with Crippen LogP contribution in [-0.2, 0) is 16.0 Å². The number of hydrogen-bond acceptors (Lipinski definition) is 6. The molecule has 0 saturated carbocycles. The number of esters is 1. The third-order valence-corrected chi connectivity index (χ3v) is 6.19. The number of amidine groups is 1. The largest absolute Gasteiger partial charge is 0.494 e. The Morgan fingerprint density at radius 2 is 1.86 bits per heavy atom. The van der Waals surface area contributed by atoms with Crippen LogP contribution in [-0.4, -0.2) is 50.6 Å². The van der Waals surface area contributed by atoms with Crippen LogP contribution in [0.4, 0.5) is 0 Å². The number of amides is 1. The zero-order chi connectivity index (χ0) is 25.2. The van der Waals surface area contributed by atoms with Crippen molar-refractivity contribution in [2.24, 2.45) is 4.99 Å². The second-order valence-electron chi connectivity index (χ2n) is 8.04. The summed E-state index contributed by atoms with van der Waals surface area (Å²) < 4.78 is 10.7. The quantitative estimate of drug-likeness (QED) is 0.354. The van der Waals surface area contributed by atoms with Gasteiger partial charge in [-0.15, -0.1) is 0 Å². The average Bonchev–Trinajstić information content (AvgIpc) is 2.86. The third-order valence-electron chi connectivity index (χ3n) is 5.56. The summed E-state index contributed by atoms with van der Waals surface area (Å²) >= 11 is 12.2. The molecule has 1 aliphatic heterocycles. The molecule has 35 heavy (non-hydrogen) atoms. The lowest BCUT2D eigenvalue weighted by Gasteiger charge is -2.18. The van der Waals surface area contributed by atoms with Crippen molar-refractivity contribution in [1.29, 1.82) is 0 Å². The van der Waals surface area contributed by atoms with Crippen molar-refractivity contribution in [2.75, 3.05) is 20.8 Å². The number of dihydropyridines is 1. The smallest absolute Gasteiger partial charge is 0.328 e. The maximum atomic E-state index is 12.7. The van der Waals surface area contributed by atoms with Gasteiger partial charge in [0.25, 0.3) is 5.91 Å². The highest BCUT2D eigenvalue weighted by atomic mass is 35.5. The fraction of sp³-hybridized carbons (Fsp3) is 0.346. The van der Waals surface area contributed by atoms with Gasteiger partial charge in [0, 0.05) is 13.5 Å². The van der Waals surface area contributed by atoms with E-state index in [0.717, 1.165) is 36.4 Å². The van der Waals surface area contributed by atoms with E-state index in [0.29, 0.717) is 6.61 Å². The lowest BCUT2D eigenvalue weighted by molar-refractivity contribution is -0.142. The Labute approximate surface area is 215 Å². The predicted molar refractivity (Wildman–Crippen MR) is 139 cm³/mol. The molecule has 0 aliphatic carbocycles. The van der Waals surface area contributed by atoms with E-state index in [1.807, 2.05) is 37.4 Å². The minimum absolute atomic E-state index is 0.116. The number of carbonyl (C=O) groups excluding carboxylic acids is 2. The zero-order valence-electron chi connectivity index (χ0n) is 19.7. The number of nitrogens with zero attached hydrogens (tertiary/aromatic N) is 1. The van der Waals surface area contributed by atoms with E-state index < -0.39 is 17.9 Å². The summed E-state index contributed by atoms with van der Waals surface area (Å²) in [6.07, 6.45) is 7.15. The molecule has 0 fully saturated rings. The van der Waals surface area contributed by atoms with Crippen LogP contribution in [0.25, 0.3) is 0 Å². The van der Waals surface area contributed by atoms with E-state index in [1.54, 1.807) is 18.2 Å². The number of halogens is 2. The number of ether oxygens (including phenoxy) is 2. The number of rotatable bonds is 10. The summed E-state index contributed by atoms with van der Waals surface area (Å²) in [4.78, 5) is 29.7.